The lowest BCUT2D eigenvalue weighted by atomic mass is 10.1. The third-order valence-corrected chi connectivity index (χ3v) is 2.72. The molecule has 0 aliphatic rings. The van der Waals surface area contributed by atoms with Gasteiger partial charge in [-0.25, -0.2) is 4.98 Å². The molecule has 0 aliphatic carbocycles. The minimum Gasteiger partial charge on any atom is -0.346 e. The van der Waals surface area contributed by atoms with E-state index in [0.717, 1.165) is 11.3 Å². The molecule has 1 N–H and O–H groups in total. The minimum absolute atomic E-state index is 0.0565. The van der Waals surface area contributed by atoms with Crippen molar-refractivity contribution in [2.75, 3.05) is 0 Å². The Labute approximate surface area is 106 Å². The molecule has 4 nitrogen and oxygen atoms in total. The quantitative estimate of drug-likeness (QED) is 0.834. The number of amides is 1. The molecular formula is C14H15N3O. The molecule has 0 unspecified atom stereocenters. The van der Waals surface area contributed by atoms with Gasteiger partial charge in [0.15, 0.2) is 0 Å². The third kappa shape index (κ3) is 2.66. The standard InChI is InChI=1S/C14H15N3O/c1-3-14(18)16-11(2)12-5-4-6-13(9-12)17-8-7-15-10-17/h3-11H,1H2,2H3,(H,16,18)/t11-/m0/s1. The van der Waals surface area contributed by atoms with Gasteiger partial charge in [0, 0.05) is 18.1 Å². The van der Waals surface area contributed by atoms with E-state index in [4.69, 9.17) is 0 Å². The fourth-order valence-corrected chi connectivity index (χ4v) is 1.72. The highest BCUT2D eigenvalue weighted by atomic mass is 16.1. The second-order valence-electron chi connectivity index (χ2n) is 4.00. The van der Waals surface area contributed by atoms with E-state index in [1.54, 1.807) is 12.5 Å². The molecule has 1 aromatic carbocycles. The van der Waals surface area contributed by atoms with E-state index >= 15 is 0 Å². The van der Waals surface area contributed by atoms with Crippen molar-refractivity contribution in [2.45, 2.75) is 13.0 Å². The summed E-state index contributed by atoms with van der Waals surface area (Å²) in [7, 11) is 0. The van der Waals surface area contributed by atoms with E-state index in [9.17, 15) is 4.79 Å². The predicted octanol–water partition coefficient (Wildman–Crippen LogP) is 2.24. The van der Waals surface area contributed by atoms with Gasteiger partial charge in [-0.1, -0.05) is 18.7 Å². The zero-order chi connectivity index (χ0) is 13.0. The van der Waals surface area contributed by atoms with Crippen LogP contribution in [0.4, 0.5) is 0 Å². The number of imidazole rings is 1. The van der Waals surface area contributed by atoms with Crippen LogP contribution >= 0.6 is 0 Å². The van der Waals surface area contributed by atoms with E-state index in [0.29, 0.717) is 0 Å². The van der Waals surface area contributed by atoms with Crippen molar-refractivity contribution in [1.29, 1.82) is 0 Å². The van der Waals surface area contributed by atoms with Crippen molar-refractivity contribution < 1.29 is 4.79 Å². The van der Waals surface area contributed by atoms with Gasteiger partial charge >= 0.3 is 0 Å². The fraction of sp³-hybridized carbons (Fsp3) is 0.143. The average Bonchev–Trinajstić information content (AvgIpc) is 2.92. The molecule has 1 heterocycles. The van der Waals surface area contributed by atoms with Gasteiger partial charge in [0.2, 0.25) is 5.91 Å². The molecule has 1 atom stereocenters. The Balaban J connectivity index is 2.22. The summed E-state index contributed by atoms with van der Waals surface area (Å²) in [5.41, 5.74) is 2.06. The summed E-state index contributed by atoms with van der Waals surface area (Å²) in [6.07, 6.45) is 6.63. The SMILES string of the molecule is C=CC(=O)N[C@@H](C)c1cccc(-n2ccnc2)c1. The van der Waals surface area contributed by atoms with Crippen LogP contribution in [0.1, 0.15) is 18.5 Å². The maximum absolute atomic E-state index is 11.3. The van der Waals surface area contributed by atoms with E-state index in [2.05, 4.69) is 16.9 Å². The van der Waals surface area contributed by atoms with Crippen LogP contribution in [0.3, 0.4) is 0 Å². The lowest BCUT2D eigenvalue weighted by Gasteiger charge is -2.14. The van der Waals surface area contributed by atoms with Gasteiger partial charge < -0.3 is 9.88 Å². The Hall–Kier alpha value is -2.36. The zero-order valence-electron chi connectivity index (χ0n) is 10.2. The smallest absolute Gasteiger partial charge is 0.243 e. The minimum atomic E-state index is -0.171. The highest BCUT2D eigenvalue weighted by molar-refractivity contribution is 5.87. The van der Waals surface area contributed by atoms with Crippen molar-refractivity contribution in [3.63, 3.8) is 0 Å². The Morgan fingerprint density at radius 1 is 1.56 bits per heavy atom. The second kappa shape index (κ2) is 5.31. The Morgan fingerprint density at radius 3 is 3.06 bits per heavy atom. The topological polar surface area (TPSA) is 46.9 Å². The summed E-state index contributed by atoms with van der Waals surface area (Å²) in [5, 5.41) is 2.84. The highest BCUT2D eigenvalue weighted by Crippen LogP contribution is 2.16. The molecule has 0 fully saturated rings. The summed E-state index contributed by atoms with van der Waals surface area (Å²) in [6.45, 7) is 5.38. The van der Waals surface area contributed by atoms with Gasteiger partial charge in [0.1, 0.15) is 0 Å². The zero-order valence-corrected chi connectivity index (χ0v) is 10.2. The van der Waals surface area contributed by atoms with E-state index < -0.39 is 0 Å². The van der Waals surface area contributed by atoms with Crippen LogP contribution in [0.2, 0.25) is 0 Å². The molecule has 2 aromatic rings. The van der Waals surface area contributed by atoms with Crippen LogP contribution in [-0.4, -0.2) is 15.5 Å². The summed E-state index contributed by atoms with van der Waals surface area (Å²) >= 11 is 0. The summed E-state index contributed by atoms with van der Waals surface area (Å²) in [5.74, 6) is -0.171. The maximum atomic E-state index is 11.3. The van der Waals surface area contributed by atoms with Crippen LogP contribution in [0.5, 0.6) is 0 Å². The third-order valence-electron chi connectivity index (χ3n) is 2.72. The molecule has 4 heteroatoms. The number of nitrogens with zero attached hydrogens (tertiary/aromatic N) is 2. The first-order valence-electron chi connectivity index (χ1n) is 5.72. The number of hydrogen-bond donors (Lipinski definition) is 1. The largest absolute Gasteiger partial charge is 0.346 e. The van der Waals surface area contributed by atoms with E-state index in [1.165, 1.54) is 6.08 Å². The average molecular weight is 241 g/mol. The van der Waals surface area contributed by atoms with Crippen LogP contribution in [0.15, 0.2) is 55.6 Å². The molecule has 0 saturated carbocycles. The first-order chi connectivity index (χ1) is 8.70. The predicted molar refractivity (Wildman–Crippen MR) is 70.3 cm³/mol. The normalized spacial score (nSPS) is 11.8. The molecule has 92 valence electrons. The Kier molecular flexibility index (Phi) is 3.57. The van der Waals surface area contributed by atoms with Crippen molar-refractivity contribution in [2.24, 2.45) is 0 Å². The van der Waals surface area contributed by atoms with Crippen molar-refractivity contribution in [3.05, 3.63) is 61.2 Å². The van der Waals surface area contributed by atoms with E-state index in [1.807, 2.05) is 42.0 Å². The lowest BCUT2D eigenvalue weighted by molar-refractivity contribution is -0.117. The van der Waals surface area contributed by atoms with Gasteiger partial charge in [0.05, 0.1) is 12.4 Å². The fourth-order valence-electron chi connectivity index (χ4n) is 1.72. The Morgan fingerprint density at radius 2 is 2.39 bits per heavy atom. The van der Waals surface area contributed by atoms with Gasteiger partial charge in [-0.2, -0.15) is 0 Å². The van der Waals surface area contributed by atoms with Crippen molar-refractivity contribution >= 4 is 5.91 Å². The maximum Gasteiger partial charge on any atom is 0.243 e. The van der Waals surface area contributed by atoms with E-state index in [-0.39, 0.29) is 11.9 Å². The van der Waals surface area contributed by atoms with Crippen LogP contribution < -0.4 is 5.32 Å². The molecule has 2 rings (SSSR count). The van der Waals surface area contributed by atoms with Gasteiger partial charge in [-0.15, -0.1) is 0 Å². The first-order valence-corrected chi connectivity index (χ1v) is 5.72. The Bertz CT molecular complexity index is 546. The molecule has 1 amide bonds. The van der Waals surface area contributed by atoms with Crippen molar-refractivity contribution in [3.8, 4) is 5.69 Å². The lowest BCUT2D eigenvalue weighted by Crippen LogP contribution is -2.24. The number of aromatic nitrogens is 2. The monoisotopic (exact) mass is 241 g/mol. The second-order valence-corrected chi connectivity index (χ2v) is 4.00. The van der Waals surface area contributed by atoms with Crippen molar-refractivity contribution in [1.82, 2.24) is 14.9 Å². The summed E-state index contributed by atoms with van der Waals surface area (Å²) in [4.78, 5) is 15.3. The number of rotatable bonds is 4. The van der Waals surface area contributed by atoms with Gasteiger partial charge in [-0.05, 0) is 30.7 Å². The van der Waals surface area contributed by atoms with Gasteiger partial charge in [-0.3, -0.25) is 4.79 Å². The number of hydrogen-bond acceptors (Lipinski definition) is 2. The highest BCUT2D eigenvalue weighted by Gasteiger charge is 2.08. The molecule has 18 heavy (non-hydrogen) atoms. The molecular weight excluding hydrogens is 226 g/mol. The van der Waals surface area contributed by atoms with Crippen LogP contribution in [-0.2, 0) is 4.79 Å². The molecule has 0 radical (unpaired) electrons. The molecule has 0 bridgehead atoms. The summed E-state index contributed by atoms with van der Waals surface area (Å²) < 4.78 is 1.92. The summed E-state index contributed by atoms with van der Waals surface area (Å²) in [6, 6.07) is 7.90. The number of nitrogens with one attached hydrogen (secondary N) is 1. The molecule has 0 aliphatic heterocycles. The van der Waals surface area contributed by atoms with Crippen LogP contribution in [0, 0.1) is 0 Å². The van der Waals surface area contributed by atoms with Crippen LogP contribution in [0.25, 0.3) is 5.69 Å². The molecule has 1 aromatic heterocycles. The molecule has 0 spiro atoms. The van der Waals surface area contributed by atoms with Gasteiger partial charge in [0.25, 0.3) is 0 Å². The molecule has 0 saturated heterocycles. The number of carbonyl (C=O) groups excluding carboxylic acids is 1. The number of benzene rings is 1. The first kappa shape index (κ1) is 12.1. The number of carbonyl (C=O) groups is 1.